The van der Waals surface area contributed by atoms with Crippen molar-refractivity contribution in [2.45, 2.75) is 26.3 Å². The lowest BCUT2D eigenvalue weighted by molar-refractivity contribution is 0.0943. The Morgan fingerprint density at radius 2 is 2.14 bits per heavy atom. The van der Waals surface area contributed by atoms with Crippen molar-refractivity contribution >= 4 is 27.3 Å². The van der Waals surface area contributed by atoms with Crippen LogP contribution in [-0.2, 0) is 6.54 Å². The summed E-state index contributed by atoms with van der Waals surface area (Å²) in [4.78, 5) is 31.2. The first-order chi connectivity index (χ1) is 13.5. The molecular weight excluding hydrogens is 381 g/mol. The third-order valence-electron chi connectivity index (χ3n) is 4.77. The number of amides is 1. The third kappa shape index (κ3) is 3.89. The summed E-state index contributed by atoms with van der Waals surface area (Å²) in [6, 6.07) is 7.06. The molecule has 28 heavy (non-hydrogen) atoms. The molecule has 0 radical (unpaired) electrons. The molecule has 1 fully saturated rings. The normalized spacial score (nSPS) is 17.1. The number of carbonyl (C=O) groups is 1. The highest BCUT2D eigenvalue weighted by molar-refractivity contribution is 7.20. The van der Waals surface area contributed by atoms with E-state index >= 15 is 0 Å². The Kier molecular flexibility index (Phi) is 5.08. The average molecular weight is 401 g/mol. The Morgan fingerprint density at radius 3 is 2.89 bits per heavy atom. The van der Waals surface area contributed by atoms with Gasteiger partial charge < -0.3 is 10.2 Å². The van der Waals surface area contributed by atoms with Gasteiger partial charge in [0, 0.05) is 25.7 Å². The Hall–Kier alpha value is -2.81. The Balaban J connectivity index is 1.59. The summed E-state index contributed by atoms with van der Waals surface area (Å²) in [6.07, 6.45) is 2.28. The fourth-order valence-electron chi connectivity index (χ4n) is 3.33. The minimum atomic E-state index is -0.478. The average Bonchev–Trinajstić information content (AvgIpc) is 3.10. The monoisotopic (exact) mass is 401 g/mol. The summed E-state index contributed by atoms with van der Waals surface area (Å²) in [7, 11) is 0. The van der Waals surface area contributed by atoms with Gasteiger partial charge in [-0.25, -0.2) is 4.39 Å². The van der Waals surface area contributed by atoms with Gasteiger partial charge in [-0.3, -0.25) is 9.59 Å². The fraction of sp³-hybridized carbons (Fsp3) is 0.368. The first-order valence-electron chi connectivity index (χ1n) is 9.18. The van der Waals surface area contributed by atoms with Crippen LogP contribution in [0.15, 0.2) is 35.1 Å². The van der Waals surface area contributed by atoms with Crippen molar-refractivity contribution in [1.82, 2.24) is 19.9 Å². The SMILES string of the molecule is CC1CCCN(c2nn3c(C(=O)NCc4ccc(F)cc4)cc(=O)nc3s2)C1. The Labute approximate surface area is 164 Å². The van der Waals surface area contributed by atoms with E-state index in [1.807, 2.05) is 0 Å². The molecule has 7 nitrogen and oxygen atoms in total. The number of nitrogens with one attached hydrogen (secondary N) is 1. The van der Waals surface area contributed by atoms with Crippen molar-refractivity contribution in [2.24, 2.45) is 5.92 Å². The number of piperidine rings is 1. The van der Waals surface area contributed by atoms with Crippen LogP contribution < -0.4 is 15.8 Å². The van der Waals surface area contributed by atoms with Gasteiger partial charge in [-0.15, -0.1) is 5.10 Å². The lowest BCUT2D eigenvalue weighted by Crippen LogP contribution is -2.34. The molecule has 1 atom stereocenters. The number of nitrogens with zero attached hydrogens (tertiary/aromatic N) is 4. The highest BCUT2D eigenvalue weighted by atomic mass is 32.1. The van der Waals surface area contributed by atoms with Crippen LogP contribution in [0.25, 0.3) is 4.96 Å². The van der Waals surface area contributed by atoms with Crippen molar-refractivity contribution in [3.63, 3.8) is 0 Å². The quantitative estimate of drug-likeness (QED) is 0.727. The zero-order chi connectivity index (χ0) is 19.7. The van der Waals surface area contributed by atoms with Crippen molar-refractivity contribution in [2.75, 3.05) is 18.0 Å². The Bertz CT molecular complexity index is 1060. The second kappa shape index (κ2) is 7.67. The Morgan fingerprint density at radius 1 is 1.36 bits per heavy atom. The van der Waals surface area contributed by atoms with Gasteiger partial charge >= 0.3 is 0 Å². The first-order valence-corrected chi connectivity index (χ1v) is 10.00. The minimum Gasteiger partial charge on any atom is -0.347 e. The maximum Gasteiger partial charge on any atom is 0.274 e. The first kappa shape index (κ1) is 18.5. The molecule has 9 heteroatoms. The van der Waals surface area contributed by atoms with Gasteiger partial charge in [-0.2, -0.15) is 9.50 Å². The lowest BCUT2D eigenvalue weighted by Gasteiger charge is -2.30. The second-order valence-electron chi connectivity index (χ2n) is 7.06. The maximum absolute atomic E-state index is 13.0. The number of fused-ring (bicyclic) bond motifs is 1. The molecule has 0 bridgehead atoms. The zero-order valence-corrected chi connectivity index (χ0v) is 16.2. The van der Waals surface area contributed by atoms with Gasteiger partial charge in [0.05, 0.1) is 0 Å². The molecule has 2 aromatic heterocycles. The molecule has 146 valence electrons. The molecular formula is C19H20FN5O2S. The van der Waals surface area contributed by atoms with Crippen molar-refractivity contribution in [3.05, 3.63) is 57.8 Å². The van der Waals surface area contributed by atoms with Crippen molar-refractivity contribution in [1.29, 1.82) is 0 Å². The number of hydrogen-bond acceptors (Lipinski definition) is 6. The van der Waals surface area contributed by atoms with Crippen LogP contribution in [0.3, 0.4) is 0 Å². The van der Waals surface area contributed by atoms with Gasteiger partial charge in [0.25, 0.3) is 11.5 Å². The molecule has 1 amide bonds. The van der Waals surface area contributed by atoms with Gasteiger partial charge in [0.15, 0.2) is 0 Å². The number of carbonyl (C=O) groups excluding carboxylic acids is 1. The number of rotatable bonds is 4. The second-order valence-corrected chi connectivity index (χ2v) is 8.00. The van der Waals surface area contributed by atoms with Crippen LogP contribution >= 0.6 is 11.3 Å². The van der Waals surface area contributed by atoms with Gasteiger partial charge in [0.2, 0.25) is 10.1 Å². The van der Waals surface area contributed by atoms with Crippen LogP contribution in [-0.4, -0.2) is 33.6 Å². The van der Waals surface area contributed by atoms with Crippen LogP contribution in [0.5, 0.6) is 0 Å². The zero-order valence-electron chi connectivity index (χ0n) is 15.4. The van der Waals surface area contributed by atoms with Gasteiger partial charge in [0.1, 0.15) is 11.5 Å². The number of halogens is 1. The number of benzene rings is 1. The highest BCUT2D eigenvalue weighted by Crippen LogP contribution is 2.27. The van der Waals surface area contributed by atoms with E-state index in [1.54, 1.807) is 12.1 Å². The summed E-state index contributed by atoms with van der Waals surface area (Å²) in [6.45, 7) is 4.23. The van der Waals surface area contributed by atoms with E-state index in [9.17, 15) is 14.0 Å². The largest absolute Gasteiger partial charge is 0.347 e. The van der Waals surface area contributed by atoms with E-state index in [4.69, 9.17) is 0 Å². The van der Waals surface area contributed by atoms with E-state index in [-0.39, 0.29) is 18.1 Å². The molecule has 0 aliphatic carbocycles. The lowest BCUT2D eigenvalue weighted by atomic mass is 10.0. The highest BCUT2D eigenvalue weighted by Gasteiger charge is 2.22. The molecule has 3 heterocycles. The van der Waals surface area contributed by atoms with Crippen molar-refractivity contribution in [3.8, 4) is 0 Å². The molecule has 3 aromatic rings. The van der Waals surface area contributed by atoms with Gasteiger partial charge in [-0.05, 0) is 36.5 Å². The maximum atomic E-state index is 13.0. The predicted octanol–water partition coefficient (Wildman–Crippen LogP) is 2.46. The van der Waals surface area contributed by atoms with Crippen LogP contribution in [0.1, 0.15) is 35.8 Å². The standard InChI is InChI=1S/C19H20FN5O2S/c1-12-3-2-8-24(11-12)19-23-25-15(9-16(26)22-18(25)28-19)17(27)21-10-13-4-6-14(20)7-5-13/h4-7,9,12H,2-3,8,10-11H2,1H3,(H,21,27). The smallest absolute Gasteiger partial charge is 0.274 e. The van der Waals surface area contributed by atoms with E-state index < -0.39 is 11.5 Å². The summed E-state index contributed by atoms with van der Waals surface area (Å²) in [5.74, 6) is -0.186. The molecule has 0 saturated carbocycles. The molecule has 0 spiro atoms. The third-order valence-corrected chi connectivity index (χ3v) is 5.74. The molecule has 1 unspecified atom stereocenters. The molecule has 4 rings (SSSR count). The molecule has 1 aromatic carbocycles. The fourth-order valence-corrected chi connectivity index (χ4v) is 4.28. The van der Waals surface area contributed by atoms with Crippen LogP contribution in [0.2, 0.25) is 0 Å². The molecule has 1 saturated heterocycles. The topological polar surface area (TPSA) is 79.6 Å². The number of anilines is 1. The van der Waals surface area contributed by atoms with Crippen molar-refractivity contribution < 1.29 is 9.18 Å². The van der Waals surface area contributed by atoms with E-state index in [2.05, 4.69) is 27.2 Å². The number of hydrogen-bond donors (Lipinski definition) is 1. The minimum absolute atomic E-state index is 0.143. The van der Waals surface area contributed by atoms with E-state index in [0.717, 1.165) is 30.2 Å². The van der Waals surface area contributed by atoms with Gasteiger partial charge in [-0.1, -0.05) is 30.4 Å². The molecule has 1 N–H and O–H groups in total. The summed E-state index contributed by atoms with van der Waals surface area (Å²) in [5.41, 5.74) is 0.424. The molecule has 1 aliphatic heterocycles. The number of aromatic nitrogens is 3. The molecule has 1 aliphatic rings. The summed E-state index contributed by atoms with van der Waals surface area (Å²) < 4.78 is 14.4. The van der Waals surface area contributed by atoms with E-state index in [1.165, 1.54) is 40.5 Å². The van der Waals surface area contributed by atoms with E-state index in [0.29, 0.717) is 10.9 Å². The summed E-state index contributed by atoms with van der Waals surface area (Å²) >= 11 is 1.31. The van der Waals surface area contributed by atoms with Crippen LogP contribution in [0, 0.1) is 11.7 Å². The van der Waals surface area contributed by atoms with Crippen LogP contribution in [0.4, 0.5) is 9.52 Å². The summed E-state index contributed by atoms with van der Waals surface area (Å²) in [5, 5.41) is 8.06. The predicted molar refractivity (Wildman–Crippen MR) is 105 cm³/mol.